The number of aryl methyl sites for hydroxylation is 3. The Labute approximate surface area is 130 Å². The molecule has 0 N–H and O–H groups in total. The van der Waals surface area contributed by atoms with Gasteiger partial charge in [0.25, 0.3) is 0 Å². The van der Waals surface area contributed by atoms with Gasteiger partial charge in [-0.05, 0) is 49.9 Å². The van der Waals surface area contributed by atoms with Gasteiger partial charge in [-0.2, -0.15) is 0 Å². The van der Waals surface area contributed by atoms with Crippen LogP contribution in [0.2, 0.25) is 0 Å². The lowest BCUT2D eigenvalue weighted by Crippen LogP contribution is -2.08. The summed E-state index contributed by atoms with van der Waals surface area (Å²) in [6.07, 6.45) is 2.08. The monoisotopic (exact) mass is 301 g/mol. The molecule has 0 bridgehead atoms. The number of aromatic nitrogens is 1. The molecule has 2 rings (SSSR count). The van der Waals surface area contributed by atoms with Crippen LogP contribution in [0.1, 0.15) is 29.8 Å². The summed E-state index contributed by atoms with van der Waals surface area (Å²) in [5, 5.41) is 0. The molecule has 2 aromatic rings. The van der Waals surface area contributed by atoms with Gasteiger partial charge in [-0.15, -0.1) is 0 Å². The van der Waals surface area contributed by atoms with Gasteiger partial charge in [0.15, 0.2) is 0 Å². The van der Waals surface area contributed by atoms with Gasteiger partial charge in [-0.25, -0.2) is 4.39 Å². The number of esters is 1. The summed E-state index contributed by atoms with van der Waals surface area (Å²) in [7, 11) is 0. The zero-order valence-electron chi connectivity index (χ0n) is 12.7. The van der Waals surface area contributed by atoms with E-state index in [4.69, 9.17) is 4.74 Å². The Kier molecular flexibility index (Phi) is 6.07. The van der Waals surface area contributed by atoms with Crippen molar-refractivity contribution in [2.45, 2.75) is 32.6 Å². The Morgan fingerprint density at radius 2 is 1.95 bits per heavy atom. The fourth-order valence-corrected chi connectivity index (χ4v) is 2.19. The molecule has 22 heavy (non-hydrogen) atoms. The van der Waals surface area contributed by atoms with Crippen LogP contribution in [0.4, 0.5) is 4.39 Å². The minimum Gasteiger partial charge on any atom is -0.466 e. The minimum absolute atomic E-state index is 0.198. The maximum atomic E-state index is 13.4. The highest BCUT2D eigenvalue weighted by Crippen LogP contribution is 2.09. The second-order valence-corrected chi connectivity index (χ2v) is 5.19. The summed E-state index contributed by atoms with van der Waals surface area (Å²) in [5.41, 5.74) is 2.53. The molecular formula is C18H20FNO2. The van der Waals surface area contributed by atoms with Crippen LogP contribution in [-0.4, -0.2) is 17.6 Å². The van der Waals surface area contributed by atoms with Gasteiger partial charge in [-0.3, -0.25) is 9.78 Å². The van der Waals surface area contributed by atoms with Gasteiger partial charge >= 0.3 is 5.97 Å². The van der Waals surface area contributed by atoms with Gasteiger partial charge in [0.1, 0.15) is 5.82 Å². The molecular weight excluding hydrogens is 281 g/mol. The number of nitrogens with zero attached hydrogens (tertiary/aromatic N) is 1. The molecule has 1 heterocycles. The van der Waals surface area contributed by atoms with Crippen LogP contribution in [0.15, 0.2) is 42.5 Å². The zero-order chi connectivity index (χ0) is 15.8. The first kappa shape index (κ1) is 16.1. The summed E-state index contributed by atoms with van der Waals surface area (Å²) in [6.45, 7) is 2.32. The van der Waals surface area contributed by atoms with Crippen molar-refractivity contribution in [2.24, 2.45) is 0 Å². The van der Waals surface area contributed by atoms with Crippen molar-refractivity contribution < 1.29 is 13.9 Å². The van der Waals surface area contributed by atoms with Crippen molar-refractivity contribution in [1.82, 2.24) is 4.98 Å². The van der Waals surface area contributed by atoms with Crippen LogP contribution in [0, 0.1) is 12.7 Å². The molecule has 0 aliphatic rings. The number of hydrogen-bond acceptors (Lipinski definition) is 3. The van der Waals surface area contributed by atoms with E-state index in [0.717, 1.165) is 24.2 Å². The number of rotatable bonds is 7. The molecule has 0 unspecified atom stereocenters. The molecule has 0 atom stereocenters. The second-order valence-electron chi connectivity index (χ2n) is 5.19. The predicted molar refractivity (Wildman–Crippen MR) is 83.0 cm³/mol. The molecule has 116 valence electrons. The Morgan fingerprint density at radius 1 is 1.14 bits per heavy atom. The Bertz CT molecular complexity index is 628. The molecule has 0 radical (unpaired) electrons. The van der Waals surface area contributed by atoms with E-state index in [9.17, 15) is 9.18 Å². The van der Waals surface area contributed by atoms with E-state index in [0.29, 0.717) is 18.6 Å². The molecule has 0 fully saturated rings. The molecule has 0 aliphatic carbocycles. The van der Waals surface area contributed by atoms with Crippen molar-refractivity contribution >= 4 is 5.97 Å². The normalized spacial score (nSPS) is 10.5. The molecule has 0 saturated carbocycles. The van der Waals surface area contributed by atoms with Crippen LogP contribution < -0.4 is 0 Å². The highest BCUT2D eigenvalue weighted by atomic mass is 19.1. The highest BCUT2D eigenvalue weighted by molar-refractivity contribution is 5.69. The van der Waals surface area contributed by atoms with E-state index >= 15 is 0 Å². The third-order valence-electron chi connectivity index (χ3n) is 3.34. The molecule has 1 aromatic heterocycles. The number of hydrogen-bond donors (Lipinski definition) is 0. The topological polar surface area (TPSA) is 39.2 Å². The summed E-state index contributed by atoms with van der Waals surface area (Å²) in [6, 6.07) is 12.4. The second kappa shape index (κ2) is 8.27. The largest absolute Gasteiger partial charge is 0.466 e. The number of carbonyl (C=O) groups is 1. The molecule has 0 saturated heterocycles. The van der Waals surface area contributed by atoms with E-state index in [2.05, 4.69) is 4.98 Å². The molecule has 1 aromatic carbocycles. The van der Waals surface area contributed by atoms with Gasteiger partial charge in [-0.1, -0.05) is 24.3 Å². The number of carbonyl (C=O) groups excluding carboxylic acids is 1. The first-order chi connectivity index (χ1) is 10.6. The van der Waals surface area contributed by atoms with E-state index in [1.165, 1.54) is 6.07 Å². The average molecular weight is 301 g/mol. The first-order valence-electron chi connectivity index (χ1n) is 7.47. The van der Waals surface area contributed by atoms with Crippen molar-refractivity contribution in [3.8, 4) is 0 Å². The van der Waals surface area contributed by atoms with Crippen LogP contribution >= 0.6 is 0 Å². The lowest BCUT2D eigenvalue weighted by molar-refractivity contribution is -0.143. The summed E-state index contributed by atoms with van der Waals surface area (Å²) < 4.78 is 18.6. The average Bonchev–Trinajstić information content (AvgIpc) is 2.51. The number of halogens is 1. The fraction of sp³-hybridized carbons (Fsp3) is 0.333. The molecule has 4 heteroatoms. The molecule has 0 spiro atoms. The molecule has 0 amide bonds. The lowest BCUT2D eigenvalue weighted by atomic mass is 10.1. The fourth-order valence-electron chi connectivity index (χ4n) is 2.19. The zero-order valence-corrected chi connectivity index (χ0v) is 12.7. The van der Waals surface area contributed by atoms with E-state index in [1.807, 2.05) is 25.1 Å². The SMILES string of the molecule is Cc1cccc(CCCOC(=O)CCc2ccccc2F)n1. The standard InChI is InChI=1S/C18H20FNO2/c1-14-6-4-8-16(20-14)9-5-13-22-18(21)12-11-15-7-2-3-10-17(15)19/h2-4,6-8,10H,5,9,11-13H2,1H3. The summed E-state index contributed by atoms with van der Waals surface area (Å²) in [4.78, 5) is 16.0. The van der Waals surface area contributed by atoms with Gasteiger partial charge in [0, 0.05) is 17.8 Å². The maximum Gasteiger partial charge on any atom is 0.306 e. The number of ether oxygens (including phenoxy) is 1. The number of benzene rings is 1. The van der Waals surface area contributed by atoms with E-state index in [1.54, 1.807) is 18.2 Å². The smallest absolute Gasteiger partial charge is 0.306 e. The molecule has 3 nitrogen and oxygen atoms in total. The van der Waals surface area contributed by atoms with Gasteiger partial charge in [0.2, 0.25) is 0 Å². The first-order valence-corrected chi connectivity index (χ1v) is 7.47. The van der Waals surface area contributed by atoms with Crippen LogP contribution in [0.25, 0.3) is 0 Å². The van der Waals surface area contributed by atoms with Crippen molar-refractivity contribution in [3.05, 3.63) is 65.2 Å². The van der Waals surface area contributed by atoms with Crippen LogP contribution in [-0.2, 0) is 22.4 Å². The van der Waals surface area contributed by atoms with Gasteiger partial charge < -0.3 is 4.74 Å². The lowest BCUT2D eigenvalue weighted by Gasteiger charge is -2.06. The minimum atomic E-state index is -0.291. The van der Waals surface area contributed by atoms with Gasteiger partial charge in [0.05, 0.1) is 6.61 Å². The maximum absolute atomic E-state index is 13.4. The highest BCUT2D eigenvalue weighted by Gasteiger charge is 2.06. The van der Waals surface area contributed by atoms with E-state index < -0.39 is 0 Å². The predicted octanol–water partition coefficient (Wildman–Crippen LogP) is 3.64. The van der Waals surface area contributed by atoms with Crippen LogP contribution in [0.5, 0.6) is 0 Å². The third kappa shape index (κ3) is 5.28. The quantitative estimate of drug-likeness (QED) is 0.579. The Hall–Kier alpha value is -2.23. The van der Waals surface area contributed by atoms with Crippen molar-refractivity contribution in [2.75, 3.05) is 6.61 Å². The number of pyridine rings is 1. The van der Waals surface area contributed by atoms with E-state index in [-0.39, 0.29) is 18.2 Å². The Balaban J connectivity index is 1.65. The summed E-state index contributed by atoms with van der Waals surface area (Å²) >= 11 is 0. The third-order valence-corrected chi connectivity index (χ3v) is 3.34. The van der Waals surface area contributed by atoms with Crippen molar-refractivity contribution in [3.63, 3.8) is 0 Å². The summed E-state index contributed by atoms with van der Waals surface area (Å²) in [5.74, 6) is -0.568. The molecule has 0 aliphatic heterocycles. The van der Waals surface area contributed by atoms with Crippen molar-refractivity contribution in [1.29, 1.82) is 0 Å². The Morgan fingerprint density at radius 3 is 2.73 bits per heavy atom. The van der Waals surface area contributed by atoms with Crippen LogP contribution in [0.3, 0.4) is 0 Å².